The Hall–Kier alpha value is -3.72. The summed E-state index contributed by atoms with van der Waals surface area (Å²) in [5, 5.41) is 26.7. The van der Waals surface area contributed by atoms with Crippen molar-refractivity contribution in [3.63, 3.8) is 0 Å². The van der Waals surface area contributed by atoms with E-state index in [1.54, 1.807) is 13.8 Å². The Morgan fingerprint density at radius 3 is 2.19 bits per heavy atom. The number of carbonyl (C=O) groups excluding carboxylic acids is 3. The largest absolute Gasteiger partial charge is 0.480 e. The lowest BCUT2D eigenvalue weighted by atomic mass is 10.0. The van der Waals surface area contributed by atoms with E-state index < -0.39 is 59.9 Å². The van der Waals surface area contributed by atoms with E-state index in [2.05, 4.69) is 30.9 Å². The highest BCUT2D eigenvalue weighted by molar-refractivity contribution is 5.94. The van der Waals surface area contributed by atoms with Gasteiger partial charge in [0.2, 0.25) is 17.7 Å². The van der Waals surface area contributed by atoms with E-state index in [1.807, 2.05) is 0 Å². The maximum Gasteiger partial charge on any atom is 0.326 e. The quantitative estimate of drug-likeness (QED) is 0.0650. The van der Waals surface area contributed by atoms with Crippen LogP contribution in [-0.4, -0.2) is 86.6 Å². The van der Waals surface area contributed by atoms with Gasteiger partial charge in [0, 0.05) is 24.9 Å². The van der Waals surface area contributed by atoms with Crippen LogP contribution < -0.4 is 33.2 Å². The average Bonchev–Trinajstić information content (AvgIpc) is 3.29. The van der Waals surface area contributed by atoms with Crippen molar-refractivity contribution in [2.24, 2.45) is 28.1 Å². The van der Waals surface area contributed by atoms with Crippen molar-refractivity contribution in [1.82, 2.24) is 25.9 Å². The van der Waals surface area contributed by atoms with E-state index in [0.29, 0.717) is 12.1 Å². The Morgan fingerprint density at radius 1 is 1.06 bits per heavy atom. The molecule has 0 radical (unpaired) electrons. The van der Waals surface area contributed by atoms with Gasteiger partial charge in [0.15, 0.2) is 5.96 Å². The Bertz CT molecular complexity index is 900. The minimum absolute atomic E-state index is 0.0863. The minimum atomic E-state index is -1.48. The summed E-state index contributed by atoms with van der Waals surface area (Å²) in [5.41, 5.74) is 17.2. The molecule has 15 heteroatoms. The number of carbonyl (C=O) groups is 4. The lowest BCUT2D eigenvalue weighted by Gasteiger charge is -2.27. The molecule has 0 bridgehead atoms. The number of H-pyrrole nitrogens is 1. The highest BCUT2D eigenvalue weighted by Crippen LogP contribution is 2.06. The van der Waals surface area contributed by atoms with Gasteiger partial charge in [-0.2, -0.15) is 0 Å². The van der Waals surface area contributed by atoms with Gasteiger partial charge in [-0.3, -0.25) is 19.4 Å². The van der Waals surface area contributed by atoms with Crippen LogP contribution in [0.15, 0.2) is 17.5 Å². The molecule has 1 heterocycles. The molecule has 0 aliphatic rings. The van der Waals surface area contributed by atoms with E-state index in [1.165, 1.54) is 19.4 Å². The standard InChI is InChI=1S/C21H37N9O6/c1-10(2)15(20(35)36)29-19(34)16(11(3)31)30-18(33)14(5-4-6-26-21(23)24)28-17(32)13(22)7-12-8-25-9-27-12/h8-11,13-16,31H,4-7,22H2,1-3H3,(H,25,27)(H,28,32)(H,29,34)(H,30,33)(H,35,36)(H4,23,24,26). The number of aliphatic hydroxyl groups excluding tert-OH is 1. The molecule has 5 unspecified atom stereocenters. The number of hydrogen-bond donors (Lipinski definition) is 9. The molecular weight excluding hydrogens is 474 g/mol. The second-order valence-electron chi connectivity index (χ2n) is 8.69. The van der Waals surface area contributed by atoms with Crippen molar-refractivity contribution < 1.29 is 29.4 Å². The van der Waals surface area contributed by atoms with Crippen LogP contribution in [0.4, 0.5) is 0 Å². The third-order valence-electron chi connectivity index (χ3n) is 5.20. The van der Waals surface area contributed by atoms with Gasteiger partial charge in [-0.15, -0.1) is 0 Å². The van der Waals surface area contributed by atoms with Gasteiger partial charge in [-0.05, 0) is 25.7 Å². The molecule has 1 rings (SSSR count). The highest BCUT2D eigenvalue weighted by atomic mass is 16.4. The zero-order valence-corrected chi connectivity index (χ0v) is 20.6. The SMILES string of the molecule is CC(C)C(NC(=O)C(NC(=O)C(CCCN=C(N)N)NC(=O)C(N)Cc1cnc[nH]1)C(C)O)C(=O)O. The molecular formula is C21H37N9O6. The van der Waals surface area contributed by atoms with Crippen LogP contribution in [0, 0.1) is 5.92 Å². The number of guanidine groups is 1. The third kappa shape index (κ3) is 10.3. The van der Waals surface area contributed by atoms with Crippen molar-refractivity contribution in [3.05, 3.63) is 18.2 Å². The Morgan fingerprint density at radius 2 is 1.69 bits per heavy atom. The van der Waals surface area contributed by atoms with Crippen LogP contribution in [0.1, 0.15) is 39.3 Å². The summed E-state index contributed by atoms with van der Waals surface area (Å²) in [7, 11) is 0. The molecule has 12 N–H and O–H groups in total. The number of aliphatic imine (C=N–C) groups is 1. The average molecular weight is 512 g/mol. The number of rotatable bonds is 15. The van der Waals surface area contributed by atoms with Crippen LogP contribution in [0.5, 0.6) is 0 Å². The number of aliphatic hydroxyl groups is 1. The lowest BCUT2D eigenvalue weighted by Crippen LogP contribution is -2.60. The maximum atomic E-state index is 13.0. The molecule has 3 amide bonds. The van der Waals surface area contributed by atoms with Gasteiger partial charge in [0.25, 0.3) is 0 Å². The molecule has 0 aliphatic carbocycles. The Labute approximate surface area is 208 Å². The van der Waals surface area contributed by atoms with Crippen molar-refractivity contribution >= 4 is 29.7 Å². The van der Waals surface area contributed by atoms with Gasteiger partial charge >= 0.3 is 5.97 Å². The molecule has 202 valence electrons. The van der Waals surface area contributed by atoms with E-state index in [9.17, 15) is 29.4 Å². The summed E-state index contributed by atoms with van der Waals surface area (Å²) in [6, 6.07) is -4.86. The zero-order valence-electron chi connectivity index (χ0n) is 20.6. The number of aliphatic carboxylic acids is 1. The van der Waals surface area contributed by atoms with Crippen LogP contribution in [0.25, 0.3) is 0 Å². The number of aromatic amines is 1. The van der Waals surface area contributed by atoms with Crippen molar-refractivity contribution in [2.75, 3.05) is 6.54 Å². The fraction of sp³-hybridized carbons (Fsp3) is 0.619. The second-order valence-corrected chi connectivity index (χ2v) is 8.69. The number of nitrogens with one attached hydrogen (secondary N) is 4. The molecule has 36 heavy (non-hydrogen) atoms. The van der Waals surface area contributed by atoms with Gasteiger partial charge in [0.05, 0.1) is 18.5 Å². The van der Waals surface area contributed by atoms with Crippen molar-refractivity contribution in [1.29, 1.82) is 0 Å². The zero-order chi connectivity index (χ0) is 27.4. The molecule has 5 atom stereocenters. The predicted molar refractivity (Wildman–Crippen MR) is 130 cm³/mol. The summed E-state index contributed by atoms with van der Waals surface area (Å²) in [6.07, 6.45) is 2.11. The number of carboxylic acid groups (broad SMARTS) is 1. The molecule has 0 fully saturated rings. The number of imidazole rings is 1. The van der Waals surface area contributed by atoms with Crippen molar-refractivity contribution in [3.8, 4) is 0 Å². The van der Waals surface area contributed by atoms with E-state index >= 15 is 0 Å². The lowest BCUT2D eigenvalue weighted by molar-refractivity contribution is -0.144. The summed E-state index contributed by atoms with van der Waals surface area (Å²) in [6.45, 7) is 4.65. The topological polar surface area (TPSA) is 264 Å². The smallest absolute Gasteiger partial charge is 0.326 e. The van der Waals surface area contributed by atoms with E-state index in [4.69, 9.17) is 17.2 Å². The monoisotopic (exact) mass is 511 g/mol. The Balaban J connectivity index is 2.97. The van der Waals surface area contributed by atoms with Gasteiger partial charge in [-0.1, -0.05) is 13.8 Å². The molecule has 1 aromatic rings. The number of nitrogens with two attached hydrogens (primary N) is 3. The normalized spacial score (nSPS) is 15.2. The van der Waals surface area contributed by atoms with Gasteiger partial charge in [-0.25, -0.2) is 9.78 Å². The van der Waals surface area contributed by atoms with E-state index in [0.717, 1.165) is 0 Å². The molecule has 15 nitrogen and oxygen atoms in total. The van der Waals surface area contributed by atoms with Crippen LogP contribution in [0.2, 0.25) is 0 Å². The van der Waals surface area contributed by atoms with Crippen LogP contribution in [0.3, 0.4) is 0 Å². The molecule has 0 saturated carbocycles. The van der Waals surface area contributed by atoms with E-state index in [-0.39, 0.29) is 25.3 Å². The third-order valence-corrected chi connectivity index (χ3v) is 5.20. The molecule has 0 saturated heterocycles. The summed E-state index contributed by atoms with van der Waals surface area (Å²) >= 11 is 0. The van der Waals surface area contributed by atoms with Gasteiger partial charge in [0.1, 0.15) is 18.1 Å². The second kappa shape index (κ2) is 14.6. The first-order chi connectivity index (χ1) is 16.8. The molecule has 0 aliphatic heterocycles. The fourth-order valence-electron chi connectivity index (χ4n) is 3.19. The van der Waals surface area contributed by atoms with Crippen molar-refractivity contribution in [2.45, 2.75) is 70.3 Å². The number of carboxylic acids is 1. The highest BCUT2D eigenvalue weighted by Gasteiger charge is 2.33. The van der Waals surface area contributed by atoms with Crippen LogP contribution in [-0.2, 0) is 25.6 Å². The Kier molecular flexibility index (Phi) is 12.3. The minimum Gasteiger partial charge on any atom is -0.480 e. The maximum absolute atomic E-state index is 13.0. The summed E-state index contributed by atoms with van der Waals surface area (Å²) in [4.78, 5) is 60.4. The number of aromatic nitrogens is 2. The first kappa shape index (κ1) is 30.3. The number of amides is 3. The first-order valence-electron chi connectivity index (χ1n) is 11.4. The number of hydrogen-bond acceptors (Lipinski definition) is 8. The number of nitrogens with zero attached hydrogens (tertiary/aromatic N) is 2. The molecule has 0 spiro atoms. The summed E-state index contributed by atoms with van der Waals surface area (Å²) in [5.74, 6) is -4.14. The van der Waals surface area contributed by atoms with Crippen LogP contribution >= 0.6 is 0 Å². The fourth-order valence-corrected chi connectivity index (χ4v) is 3.19. The first-order valence-corrected chi connectivity index (χ1v) is 11.4. The molecule has 1 aromatic heterocycles. The predicted octanol–water partition coefficient (Wildman–Crippen LogP) is -3.09. The van der Waals surface area contributed by atoms with Gasteiger partial charge < -0.3 is 48.3 Å². The molecule has 0 aromatic carbocycles. The summed E-state index contributed by atoms with van der Waals surface area (Å²) < 4.78 is 0.